The highest BCUT2D eigenvalue weighted by Crippen LogP contribution is 2.10. The third-order valence-corrected chi connectivity index (χ3v) is 3.24. The molecule has 1 heterocycles. The zero-order valence-corrected chi connectivity index (χ0v) is 12.4. The van der Waals surface area contributed by atoms with Gasteiger partial charge >= 0.3 is 5.69 Å². The van der Waals surface area contributed by atoms with Crippen molar-refractivity contribution in [1.29, 1.82) is 0 Å². The Morgan fingerprint density at radius 2 is 2.05 bits per heavy atom. The first kappa shape index (κ1) is 15.0. The lowest BCUT2D eigenvalue weighted by Gasteiger charge is -2.07. The van der Waals surface area contributed by atoms with Gasteiger partial charge in [-0.2, -0.15) is 0 Å². The van der Waals surface area contributed by atoms with Gasteiger partial charge in [-0.25, -0.2) is 4.79 Å². The second-order valence-corrected chi connectivity index (χ2v) is 4.93. The molecule has 2 rings (SSSR count). The Labute approximate surface area is 127 Å². The van der Waals surface area contributed by atoms with Crippen molar-refractivity contribution in [2.45, 2.75) is 20.0 Å². The molecule has 0 saturated heterocycles. The third-order valence-electron chi connectivity index (χ3n) is 3.00. The molecule has 0 bridgehead atoms. The lowest BCUT2D eigenvalue weighted by molar-refractivity contribution is -0.116. The van der Waals surface area contributed by atoms with Crippen LogP contribution in [0.5, 0.6) is 0 Å². The van der Waals surface area contributed by atoms with Crippen molar-refractivity contribution in [3.8, 4) is 0 Å². The predicted molar refractivity (Wildman–Crippen MR) is 85.3 cm³/mol. The fourth-order valence-corrected chi connectivity index (χ4v) is 2.05. The summed E-state index contributed by atoms with van der Waals surface area (Å²) in [4.78, 5) is 24.1. The van der Waals surface area contributed by atoms with Crippen LogP contribution in [0.4, 0.5) is 5.69 Å². The van der Waals surface area contributed by atoms with Crippen LogP contribution in [0.15, 0.2) is 41.5 Å². The number of imidazole rings is 1. The standard InChI is InChI=1S/C14H16N4O2S/c1-2-17-6-7-18(14(17)20)9-12(19)16-11-5-3-4-10(8-11)13(15)21/h3-8H,2,9H2,1H3,(H2,15,21)(H,16,19). The number of carbonyl (C=O) groups excluding carboxylic acids is 1. The number of hydrogen-bond acceptors (Lipinski definition) is 3. The first-order valence-electron chi connectivity index (χ1n) is 6.46. The summed E-state index contributed by atoms with van der Waals surface area (Å²) in [6, 6.07) is 6.95. The molecule has 0 aliphatic carbocycles. The number of thiocarbonyl (C=S) groups is 1. The highest BCUT2D eigenvalue weighted by atomic mass is 32.1. The number of amides is 1. The van der Waals surface area contributed by atoms with Crippen LogP contribution < -0.4 is 16.7 Å². The molecular formula is C14H16N4O2S. The van der Waals surface area contributed by atoms with E-state index in [2.05, 4.69) is 5.32 Å². The molecule has 1 amide bonds. The number of aromatic nitrogens is 2. The molecule has 1 aromatic heterocycles. The second kappa shape index (κ2) is 6.36. The highest BCUT2D eigenvalue weighted by Gasteiger charge is 2.08. The van der Waals surface area contributed by atoms with E-state index in [1.165, 1.54) is 9.13 Å². The number of rotatable bonds is 5. The smallest absolute Gasteiger partial charge is 0.328 e. The summed E-state index contributed by atoms with van der Waals surface area (Å²) >= 11 is 4.89. The number of benzene rings is 1. The summed E-state index contributed by atoms with van der Waals surface area (Å²) in [6.07, 6.45) is 3.25. The minimum Gasteiger partial charge on any atom is -0.389 e. The fraction of sp³-hybridized carbons (Fsp3) is 0.214. The maximum absolute atomic E-state index is 12.0. The number of hydrogen-bond donors (Lipinski definition) is 2. The number of anilines is 1. The molecule has 6 nitrogen and oxygen atoms in total. The Morgan fingerprint density at radius 3 is 2.67 bits per heavy atom. The normalized spacial score (nSPS) is 10.3. The molecule has 2 aromatic rings. The van der Waals surface area contributed by atoms with Gasteiger partial charge < -0.3 is 11.1 Å². The molecule has 21 heavy (non-hydrogen) atoms. The van der Waals surface area contributed by atoms with E-state index in [9.17, 15) is 9.59 Å². The van der Waals surface area contributed by atoms with E-state index in [1.54, 1.807) is 36.7 Å². The van der Waals surface area contributed by atoms with Crippen LogP contribution in [0.2, 0.25) is 0 Å². The van der Waals surface area contributed by atoms with E-state index < -0.39 is 0 Å². The Hall–Kier alpha value is -2.41. The summed E-state index contributed by atoms with van der Waals surface area (Å²) in [6.45, 7) is 2.40. The van der Waals surface area contributed by atoms with Crippen molar-refractivity contribution in [2.75, 3.05) is 5.32 Å². The molecule has 0 unspecified atom stereocenters. The molecule has 0 spiro atoms. The zero-order valence-electron chi connectivity index (χ0n) is 11.6. The SMILES string of the molecule is CCn1ccn(CC(=O)Nc2cccc(C(N)=S)c2)c1=O. The molecule has 0 saturated carbocycles. The third kappa shape index (κ3) is 3.57. The number of aryl methyl sites for hydroxylation is 1. The number of nitrogens with two attached hydrogens (primary N) is 1. The molecule has 0 aliphatic heterocycles. The minimum atomic E-state index is -0.286. The summed E-state index contributed by atoms with van der Waals surface area (Å²) in [5.74, 6) is -0.286. The quantitative estimate of drug-likeness (QED) is 0.806. The minimum absolute atomic E-state index is 0.0386. The van der Waals surface area contributed by atoms with Gasteiger partial charge in [0.1, 0.15) is 11.5 Å². The van der Waals surface area contributed by atoms with Crippen molar-refractivity contribution in [3.63, 3.8) is 0 Å². The molecule has 3 N–H and O–H groups in total. The van der Waals surface area contributed by atoms with E-state index in [0.29, 0.717) is 17.8 Å². The van der Waals surface area contributed by atoms with Crippen LogP contribution in [0.25, 0.3) is 0 Å². The first-order chi connectivity index (χ1) is 10.0. The van der Waals surface area contributed by atoms with Gasteiger partial charge in [-0.3, -0.25) is 13.9 Å². The Morgan fingerprint density at radius 1 is 1.33 bits per heavy atom. The largest absolute Gasteiger partial charge is 0.389 e. The summed E-state index contributed by atoms with van der Waals surface area (Å²) < 4.78 is 2.89. The van der Waals surface area contributed by atoms with Gasteiger partial charge in [-0.05, 0) is 19.1 Å². The number of nitrogens with one attached hydrogen (secondary N) is 1. The molecule has 0 fully saturated rings. The Balaban J connectivity index is 2.08. The monoisotopic (exact) mass is 304 g/mol. The molecular weight excluding hydrogens is 288 g/mol. The molecule has 1 aromatic carbocycles. The number of carbonyl (C=O) groups is 1. The van der Waals surface area contributed by atoms with Crippen LogP contribution in [-0.4, -0.2) is 20.0 Å². The maximum atomic E-state index is 12.0. The van der Waals surface area contributed by atoms with Gasteiger partial charge in [0.2, 0.25) is 5.91 Å². The molecule has 110 valence electrons. The van der Waals surface area contributed by atoms with Gasteiger partial charge in [0.15, 0.2) is 0 Å². The van der Waals surface area contributed by atoms with Gasteiger partial charge in [0.05, 0.1) is 0 Å². The van der Waals surface area contributed by atoms with Crippen molar-refractivity contribution in [1.82, 2.24) is 9.13 Å². The van der Waals surface area contributed by atoms with Gasteiger partial charge in [0, 0.05) is 30.2 Å². The molecule has 7 heteroatoms. The van der Waals surface area contributed by atoms with E-state index >= 15 is 0 Å². The summed E-state index contributed by atoms with van der Waals surface area (Å²) in [5, 5.41) is 2.72. The maximum Gasteiger partial charge on any atom is 0.328 e. The van der Waals surface area contributed by atoms with Crippen molar-refractivity contribution in [2.24, 2.45) is 5.73 Å². The molecule has 0 aliphatic rings. The Kier molecular flexibility index (Phi) is 4.54. The van der Waals surface area contributed by atoms with E-state index in [1.807, 2.05) is 6.92 Å². The highest BCUT2D eigenvalue weighted by molar-refractivity contribution is 7.80. The number of nitrogens with zero attached hydrogens (tertiary/aromatic N) is 2. The molecule has 0 atom stereocenters. The van der Waals surface area contributed by atoms with Crippen molar-refractivity contribution in [3.05, 3.63) is 52.7 Å². The fourth-order valence-electron chi connectivity index (χ4n) is 1.92. The van der Waals surface area contributed by atoms with Crippen molar-refractivity contribution >= 4 is 28.8 Å². The summed E-state index contributed by atoms with van der Waals surface area (Å²) in [7, 11) is 0. The topological polar surface area (TPSA) is 82.1 Å². The zero-order chi connectivity index (χ0) is 15.4. The average molecular weight is 304 g/mol. The van der Waals surface area contributed by atoms with E-state index in [4.69, 9.17) is 18.0 Å². The van der Waals surface area contributed by atoms with Crippen LogP contribution in [-0.2, 0) is 17.9 Å². The van der Waals surface area contributed by atoms with Crippen LogP contribution in [0.1, 0.15) is 12.5 Å². The van der Waals surface area contributed by atoms with Gasteiger partial charge in [-0.1, -0.05) is 24.4 Å². The van der Waals surface area contributed by atoms with E-state index in [-0.39, 0.29) is 23.1 Å². The lowest BCUT2D eigenvalue weighted by Crippen LogP contribution is -2.28. The van der Waals surface area contributed by atoms with Crippen molar-refractivity contribution < 1.29 is 4.79 Å². The van der Waals surface area contributed by atoms with Crippen LogP contribution in [0, 0.1) is 0 Å². The van der Waals surface area contributed by atoms with Gasteiger partial charge in [-0.15, -0.1) is 0 Å². The Bertz CT molecular complexity index is 733. The van der Waals surface area contributed by atoms with E-state index in [0.717, 1.165) is 0 Å². The lowest BCUT2D eigenvalue weighted by atomic mass is 10.2. The average Bonchev–Trinajstić information content (AvgIpc) is 2.79. The van der Waals surface area contributed by atoms with Crippen LogP contribution in [0.3, 0.4) is 0 Å². The first-order valence-corrected chi connectivity index (χ1v) is 6.87. The molecule has 0 radical (unpaired) electrons. The predicted octanol–water partition coefficient (Wildman–Crippen LogP) is 0.943. The second-order valence-electron chi connectivity index (χ2n) is 4.49. The summed E-state index contributed by atoms with van der Waals surface area (Å²) in [5.41, 5.74) is 6.61. The van der Waals surface area contributed by atoms with Crippen LogP contribution >= 0.6 is 12.2 Å². The van der Waals surface area contributed by atoms with Gasteiger partial charge in [0.25, 0.3) is 0 Å².